The molecule has 2 nitrogen and oxygen atoms in total. The first kappa shape index (κ1) is 19.9. The van der Waals surface area contributed by atoms with Crippen LogP contribution >= 0.6 is 17.1 Å². The van der Waals surface area contributed by atoms with Crippen LogP contribution in [0.5, 0.6) is 0 Å². The Morgan fingerprint density at radius 2 is 1.63 bits per heavy atom. The fourth-order valence-electron chi connectivity index (χ4n) is 1.75. The molecule has 0 saturated carbocycles. The zero-order chi connectivity index (χ0) is 14.7. The van der Waals surface area contributed by atoms with Crippen LogP contribution in [0.25, 0.3) is 0 Å². The molecule has 0 bridgehead atoms. The van der Waals surface area contributed by atoms with E-state index in [2.05, 4.69) is 27.7 Å². The van der Waals surface area contributed by atoms with Gasteiger partial charge in [0.05, 0.1) is 6.61 Å². The molecule has 0 aromatic heterocycles. The number of hydrogen-bond acceptors (Lipinski definition) is 3. The minimum atomic E-state index is -2.61. The largest absolute Gasteiger partial charge is 0.337 e. The van der Waals surface area contributed by atoms with Crippen molar-refractivity contribution in [3.63, 3.8) is 0 Å². The highest BCUT2D eigenvalue weighted by molar-refractivity contribution is 8.67. The van der Waals surface area contributed by atoms with Crippen molar-refractivity contribution in [3.05, 3.63) is 0 Å². The van der Waals surface area contributed by atoms with Crippen molar-refractivity contribution < 1.29 is 9.42 Å². The van der Waals surface area contributed by atoms with E-state index in [0.717, 1.165) is 12.2 Å². The molecular weight excluding hydrogens is 295 g/mol. The Hall–Kier alpha value is 0.920. The first-order chi connectivity index (χ1) is 8.91. The third-order valence-corrected chi connectivity index (χ3v) is 7.67. The predicted molar refractivity (Wildman–Crippen MR) is 92.3 cm³/mol. The van der Waals surface area contributed by atoms with E-state index in [1.165, 1.54) is 43.5 Å². The van der Waals surface area contributed by atoms with Crippen molar-refractivity contribution in [1.29, 1.82) is 0 Å². The summed E-state index contributed by atoms with van der Waals surface area (Å²) in [4.78, 5) is 10.1. The summed E-state index contributed by atoms with van der Waals surface area (Å²) < 4.78 is 5.59. The molecule has 0 radical (unpaired) electrons. The maximum absolute atomic E-state index is 10.1. The molecule has 19 heavy (non-hydrogen) atoms. The van der Waals surface area contributed by atoms with Gasteiger partial charge in [0.1, 0.15) is 0 Å². The van der Waals surface area contributed by atoms with Crippen LogP contribution in [0, 0.1) is 11.8 Å². The summed E-state index contributed by atoms with van der Waals surface area (Å²) in [5.41, 5.74) is -2.61. The molecule has 0 fully saturated rings. The highest BCUT2D eigenvalue weighted by Gasteiger charge is 2.17. The molecule has 1 N–H and O–H groups in total. The van der Waals surface area contributed by atoms with E-state index in [-0.39, 0.29) is 0 Å². The van der Waals surface area contributed by atoms with Gasteiger partial charge in [0.25, 0.3) is 0 Å². The van der Waals surface area contributed by atoms with Crippen molar-refractivity contribution >= 4 is 28.9 Å². The van der Waals surface area contributed by atoms with Gasteiger partial charge in [-0.1, -0.05) is 64.8 Å². The van der Waals surface area contributed by atoms with E-state index >= 15 is 0 Å². The second-order valence-corrected chi connectivity index (χ2v) is 11.8. The van der Waals surface area contributed by atoms with E-state index in [0.29, 0.717) is 18.4 Å². The summed E-state index contributed by atoms with van der Waals surface area (Å²) in [5.74, 6) is 2.02. The summed E-state index contributed by atoms with van der Waals surface area (Å²) in [6.07, 6.45) is 7.29. The lowest BCUT2D eigenvalue weighted by Gasteiger charge is -2.19. The Balaban J connectivity index is 3.81. The summed E-state index contributed by atoms with van der Waals surface area (Å²) in [7, 11) is 0. The van der Waals surface area contributed by atoms with Gasteiger partial charge in [-0.3, -0.25) is 0 Å². The molecule has 0 aliphatic carbocycles. The third-order valence-electron chi connectivity index (χ3n) is 3.15. The highest BCUT2D eigenvalue weighted by Crippen LogP contribution is 2.57. The molecular formula is C14H31O2PS2. The topological polar surface area (TPSA) is 29.5 Å². The SMILES string of the molecule is CCCCC(C)COP(O)(=S)SCC(C)CCCC. The Labute approximate surface area is 129 Å². The first-order valence-electron chi connectivity index (χ1n) is 7.53. The van der Waals surface area contributed by atoms with E-state index in [1.54, 1.807) is 0 Å². The van der Waals surface area contributed by atoms with Gasteiger partial charge in [-0.2, -0.15) is 0 Å². The molecule has 0 spiro atoms. The molecule has 0 amide bonds. The molecule has 0 rings (SSSR count). The van der Waals surface area contributed by atoms with Crippen LogP contribution in [0.2, 0.25) is 0 Å². The molecule has 0 saturated heterocycles. The summed E-state index contributed by atoms with van der Waals surface area (Å²) in [6.45, 7) is 9.39. The molecule has 0 aliphatic rings. The molecule has 3 atom stereocenters. The van der Waals surface area contributed by atoms with Crippen molar-refractivity contribution in [2.75, 3.05) is 12.4 Å². The van der Waals surface area contributed by atoms with Gasteiger partial charge in [0, 0.05) is 5.75 Å². The Kier molecular flexibility index (Phi) is 12.1. The molecule has 0 aliphatic heterocycles. The van der Waals surface area contributed by atoms with Crippen molar-refractivity contribution in [1.82, 2.24) is 0 Å². The van der Waals surface area contributed by atoms with Crippen LogP contribution < -0.4 is 0 Å². The summed E-state index contributed by atoms with van der Waals surface area (Å²) >= 11 is 6.68. The smallest absolute Gasteiger partial charge is 0.244 e. The number of unbranched alkanes of at least 4 members (excludes halogenated alkanes) is 2. The van der Waals surface area contributed by atoms with Crippen LogP contribution in [0.3, 0.4) is 0 Å². The van der Waals surface area contributed by atoms with Crippen molar-refractivity contribution in [3.8, 4) is 0 Å². The standard InChI is InChI=1S/C14H31O2PS2/c1-5-7-9-13(3)11-16-17(15,18)19-12-14(4)10-8-6-2/h13-14H,5-12H2,1-4H3,(H,15,18). The summed E-state index contributed by atoms with van der Waals surface area (Å²) in [5, 5.41) is 0. The number of rotatable bonds is 12. The quantitative estimate of drug-likeness (QED) is 0.472. The Bertz CT molecular complexity index is 240. The average Bonchev–Trinajstić information content (AvgIpc) is 2.38. The van der Waals surface area contributed by atoms with Crippen molar-refractivity contribution in [2.24, 2.45) is 11.8 Å². The molecule has 116 valence electrons. The minimum Gasteiger partial charge on any atom is -0.337 e. The lowest BCUT2D eigenvalue weighted by atomic mass is 10.1. The molecule has 5 heteroatoms. The van der Waals surface area contributed by atoms with Crippen LogP contribution in [-0.4, -0.2) is 17.3 Å². The molecule has 0 heterocycles. The summed E-state index contributed by atoms with van der Waals surface area (Å²) in [6, 6.07) is 0. The van der Waals surface area contributed by atoms with E-state index < -0.39 is 5.69 Å². The lowest BCUT2D eigenvalue weighted by Crippen LogP contribution is -2.04. The first-order valence-corrected chi connectivity index (χ1v) is 11.8. The van der Waals surface area contributed by atoms with Gasteiger partial charge in [-0.15, -0.1) is 0 Å². The Morgan fingerprint density at radius 3 is 2.16 bits per heavy atom. The zero-order valence-electron chi connectivity index (χ0n) is 12.9. The van der Waals surface area contributed by atoms with Crippen molar-refractivity contribution in [2.45, 2.75) is 66.2 Å². The maximum atomic E-state index is 10.1. The monoisotopic (exact) mass is 326 g/mol. The van der Waals surface area contributed by atoms with Crippen LogP contribution in [0.15, 0.2) is 0 Å². The van der Waals surface area contributed by atoms with Gasteiger partial charge in [0.15, 0.2) is 0 Å². The van der Waals surface area contributed by atoms with Crippen LogP contribution in [0.1, 0.15) is 66.2 Å². The maximum Gasteiger partial charge on any atom is 0.244 e. The van der Waals surface area contributed by atoms with Gasteiger partial charge in [0.2, 0.25) is 5.69 Å². The molecule has 0 aromatic carbocycles. The number of hydrogen-bond donors (Lipinski definition) is 1. The Morgan fingerprint density at radius 1 is 1.11 bits per heavy atom. The normalized spacial score (nSPS) is 17.9. The molecule has 3 unspecified atom stereocenters. The van der Waals surface area contributed by atoms with E-state index in [9.17, 15) is 4.89 Å². The van der Waals surface area contributed by atoms with E-state index in [1.807, 2.05) is 0 Å². The molecule has 0 aromatic rings. The second kappa shape index (κ2) is 11.6. The minimum absolute atomic E-state index is 0.493. The lowest BCUT2D eigenvalue weighted by molar-refractivity contribution is 0.254. The predicted octanol–water partition coefficient (Wildman–Crippen LogP) is 5.61. The highest BCUT2D eigenvalue weighted by atomic mass is 32.9. The fraction of sp³-hybridized carbons (Fsp3) is 1.00. The van der Waals surface area contributed by atoms with Crippen LogP contribution in [-0.2, 0) is 16.3 Å². The fourth-order valence-corrected chi connectivity index (χ4v) is 5.34. The average molecular weight is 327 g/mol. The van der Waals surface area contributed by atoms with Gasteiger partial charge >= 0.3 is 0 Å². The zero-order valence-corrected chi connectivity index (χ0v) is 15.5. The second-order valence-electron chi connectivity index (χ2n) is 5.55. The van der Waals surface area contributed by atoms with Gasteiger partial charge < -0.3 is 9.42 Å². The van der Waals surface area contributed by atoms with Crippen LogP contribution in [0.4, 0.5) is 0 Å². The third kappa shape index (κ3) is 12.4. The van der Waals surface area contributed by atoms with Gasteiger partial charge in [-0.05, 0) is 36.5 Å². The van der Waals surface area contributed by atoms with Gasteiger partial charge in [-0.25, -0.2) is 0 Å². The van der Waals surface area contributed by atoms with E-state index in [4.69, 9.17) is 16.3 Å².